The molecule has 0 fully saturated rings. The molecule has 10 aromatic rings. The van der Waals surface area contributed by atoms with Crippen molar-refractivity contribution in [3.05, 3.63) is 205 Å². The lowest BCUT2D eigenvalue weighted by Crippen LogP contribution is -2.15. The molecule has 0 nitrogen and oxygen atoms in total. The quantitative estimate of drug-likeness (QED) is 0.161. The van der Waals surface area contributed by atoms with Gasteiger partial charge in [0.15, 0.2) is 0 Å². The second kappa shape index (κ2) is 12.1. The van der Waals surface area contributed by atoms with Crippen molar-refractivity contribution in [1.29, 1.82) is 0 Å². The van der Waals surface area contributed by atoms with Crippen LogP contribution in [0.4, 0.5) is 0 Å². The molecular weight excluding hydrogens is 661 g/mol. The van der Waals surface area contributed by atoms with Crippen LogP contribution in [-0.2, 0) is 5.41 Å². The molecule has 10 aromatic carbocycles. The van der Waals surface area contributed by atoms with Gasteiger partial charge in [-0.1, -0.05) is 196 Å². The third-order valence-electron chi connectivity index (χ3n) is 12.2. The first kappa shape index (κ1) is 31.7. The zero-order chi connectivity index (χ0) is 36.7. The molecule has 0 amide bonds. The van der Waals surface area contributed by atoms with Crippen LogP contribution < -0.4 is 0 Å². The number of hydrogen-bond donors (Lipinski definition) is 0. The molecule has 0 spiro atoms. The van der Waals surface area contributed by atoms with Gasteiger partial charge in [0.2, 0.25) is 0 Å². The summed E-state index contributed by atoms with van der Waals surface area (Å²) < 4.78 is 0. The van der Waals surface area contributed by atoms with Crippen molar-refractivity contribution < 1.29 is 0 Å². The molecule has 0 unspecified atom stereocenters. The number of fused-ring (bicyclic) bond motifs is 7. The van der Waals surface area contributed by atoms with Crippen molar-refractivity contribution in [2.75, 3.05) is 0 Å². The summed E-state index contributed by atoms with van der Waals surface area (Å²) in [6, 6.07) is 72.0. The molecule has 0 atom stereocenters. The van der Waals surface area contributed by atoms with E-state index in [0.717, 1.165) is 0 Å². The Balaban J connectivity index is 1.10. The van der Waals surface area contributed by atoms with Crippen LogP contribution in [0.3, 0.4) is 0 Å². The first-order valence-corrected chi connectivity index (χ1v) is 19.4. The van der Waals surface area contributed by atoms with Crippen LogP contribution in [0, 0.1) is 0 Å². The Kier molecular flexibility index (Phi) is 7.00. The van der Waals surface area contributed by atoms with Gasteiger partial charge in [0, 0.05) is 5.41 Å². The molecule has 0 radical (unpaired) electrons. The molecule has 0 heterocycles. The molecule has 0 bridgehead atoms. The van der Waals surface area contributed by atoms with E-state index in [1.165, 1.54) is 110 Å². The van der Waals surface area contributed by atoms with Gasteiger partial charge in [-0.05, 0) is 122 Å². The molecule has 11 rings (SSSR count). The number of hydrogen-bond acceptors (Lipinski definition) is 0. The second-order valence-electron chi connectivity index (χ2n) is 15.6. The maximum absolute atomic E-state index is 2.49. The van der Waals surface area contributed by atoms with Gasteiger partial charge < -0.3 is 0 Å². The maximum Gasteiger partial charge on any atom is 0.0159 e. The van der Waals surface area contributed by atoms with Gasteiger partial charge in [-0.2, -0.15) is 0 Å². The van der Waals surface area contributed by atoms with Crippen LogP contribution in [0.25, 0.3) is 98.7 Å². The Labute approximate surface area is 322 Å². The van der Waals surface area contributed by atoms with E-state index >= 15 is 0 Å². The minimum atomic E-state index is -0.193. The molecule has 0 heteroatoms. The Bertz CT molecular complexity index is 2820. The van der Waals surface area contributed by atoms with Crippen molar-refractivity contribution in [3.8, 4) is 55.6 Å². The lowest BCUT2D eigenvalue weighted by molar-refractivity contribution is 0.661. The van der Waals surface area contributed by atoms with E-state index in [1.54, 1.807) is 0 Å². The van der Waals surface area contributed by atoms with Gasteiger partial charge in [-0.3, -0.25) is 0 Å². The average molecular weight is 699 g/mol. The van der Waals surface area contributed by atoms with E-state index in [1.807, 2.05) is 0 Å². The van der Waals surface area contributed by atoms with Crippen LogP contribution in [0.2, 0.25) is 0 Å². The average Bonchev–Trinajstić information content (AvgIpc) is 3.47. The zero-order valence-corrected chi connectivity index (χ0v) is 31.0. The number of rotatable bonds is 4. The van der Waals surface area contributed by atoms with Gasteiger partial charge in [-0.25, -0.2) is 0 Å². The highest BCUT2D eigenvalue weighted by Gasteiger charge is 2.36. The summed E-state index contributed by atoms with van der Waals surface area (Å²) in [4.78, 5) is 0. The van der Waals surface area contributed by atoms with E-state index in [9.17, 15) is 0 Å². The van der Waals surface area contributed by atoms with Crippen molar-refractivity contribution in [1.82, 2.24) is 0 Å². The first-order valence-electron chi connectivity index (χ1n) is 19.4. The maximum atomic E-state index is 2.49. The van der Waals surface area contributed by atoms with Gasteiger partial charge in [0.1, 0.15) is 0 Å². The predicted octanol–water partition coefficient (Wildman–Crippen LogP) is 15.3. The van der Waals surface area contributed by atoms with Crippen LogP contribution in [-0.4, -0.2) is 0 Å². The summed E-state index contributed by atoms with van der Waals surface area (Å²) in [5.41, 5.74) is 15.5. The monoisotopic (exact) mass is 698 g/mol. The Hall–Kier alpha value is -6.76. The lowest BCUT2D eigenvalue weighted by atomic mass is 9.79. The normalized spacial score (nSPS) is 13.1. The van der Waals surface area contributed by atoms with E-state index in [4.69, 9.17) is 0 Å². The third kappa shape index (κ3) is 4.71. The first-order chi connectivity index (χ1) is 27.1. The Morgan fingerprint density at radius 2 is 0.509 bits per heavy atom. The van der Waals surface area contributed by atoms with E-state index < -0.39 is 0 Å². The SMILES string of the molecule is CC1(C)c2cc(-c3c4ccccc4c(-c4ccccc4)c4ccccc34)ccc2-c2ccc(-c3c4ccccc4c(-c4ccccc4)c4ccccc34)cc21. The molecule has 55 heavy (non-hydrogen) atoms. The molecular formula is C55H38. The minimum Gasteiger partial charge on any atom is -0.0622 e. The topological polar surface area (TPSA) is 0 Å². The molecule has 0 N–H and O–H groups in total. The fourth-order valence-electron chi connectivity index (χ4n) is 9.76. The predicted molar refractivity (Wildman–Crippen MR) is 236 cm³/mol. The summed E-state index contributed by atoms with van der Waals surface area (Å²) in [6.07, 6.45) is 0. The zero-order valence-electron chi connectivity index (χ0n) is 31.0. The van der Waals surface area contributed by atoms with Gasteiger partial charge in [0.05, 0.1) is 0 Å². The largest absolute Gasteiger partial charge is 0.0622 e. The molecule has 258 valence electrons. The Morgan fingerprint density at radius 3 is 0.800 bits per heavy atom. The van der Waals surface area contributed by atoms with E-state index in [-0.39, 0.29) is 5.41 Å². The second-order valence-corrected chi connectivity index (χ2v) is 15.6. The van der Waals surface area contributed by atoms with Gasteiger partial charge >= 0.3 is 0 Å². The molecule has 0 saturated carbocycles. The van der Waals surface area contributed by atoms with Gasteiger partial charge in [0.25, 0.3) is 0 Å². The smallest absolute Gasteiger partial charge is 0.0159 e. The molecule has 0 aliphatic heterocycles. The highest BCUT2D eigenvalue weighted by molar-refractivity contribution is 6.23. The summed E-state index contributed by atoms with van der Waals surface area (Å²) >= 11 is 0. The summed E-state index contributed by atoms with van der Waals surface area (Å²) in [5.74, 6) is 0. The van der Waals surface area contributed by atoms with Crippen molar-refractivity contribution >= 4 is 43.1 Å². The summed E-state index contributed by atoms with van der Waals surface area (Å²) in [5, 5.41) is 10.3. The van der Waals surface area contributed by atoms with Crippen molar-refractivity contribution in [3.63, 3.8) is 0 Å². The molecule has 1 aliphatic carbocycles. The summed E-state index contributed by atoms with van der Waals surface area (Å²) in [6.45, 7) is 4.82. The van der Waals surface area contributed by atoms with Crippen LogP contribution >= 0.6 is 0 Å². The minimum absolute atomic E-state index is 0.193. The third-order valence-corrected chi connectivity index (χ3v) is 12.2. The van der Waals surface area contributed by atoms with Gasteiger partial charge in [-0.15, -0.1) is 0 Å². The standard InChI is InChI=1S/C55H38/c1-55(2)49-33-37(53-45-25-13-9-21-41(45)51(35-17-5-3-6-18-35)42-22-10-14-26-46(42)53)29-31-39(49)40-32-30-38(34-50(40)55)54-47-27-15-11-23-43(47)52(36-19-7-4-8-20-36)44-24-12-16-28-48(44)54/h3-34H,1-2H3. The molecule has 0 saturated heterocycles. The fourth-order valence-corrected chi connectivity index (χ4v) is 9.76. The van der Waals surface area contributed by atoms with Crippen LogP contribution in [0.1, 0.15) is 25.0 Å². The van der Waals surface area contributed by atoms with Crippen molar-refractivity contribution in [2.45, 2.75) is 19.3 Å². The van der Waals surface area contributed by atoms with E-state index in [2.05, 4.69) is 208 Å². The fraction of sp³-hybridized carbons (Fsp3) is 0.0545. The highest BCUT2D eigenvalue weighted by Crippen LogP contribution is 2.53. The van der Waals surface area contributed by atoms with Crippen LogP contribution in [0.5, 0.6) is 0 Å². The lowest BCUT2D eigenvalue weighted by Gasteiger charge is -2.24. The molecule has 0 aromatic heterocycles. The Morgan fingerprint density at radius 1 is 0.255 bits per heavy atom. The summed E-state index contributed by atoms with van der Waals surface area (Å²) in [7, 11) is 0. The molecule has 1 aliphatic rings. The number of benzene rings is 10. The van der Waals surface area contributed by atoms with Crippen LogP contribution in [0.15, 0.2) is 194 Å². The highest BCUT2D eigenvalue weighted by atomic mass is 14.4. The van der Waals surface area contributed by atoms with Crippen molar-refractivity contribution in [2.24, 2.45) is 0 Å². The van der Waals surface area contributed by atoms with E-state index in [0.29, 0.717) is 0 Å².